The lowest BCUT2D eigenvalue weighted by Gasteiger charge is -2.08. The Morgan fingerprint density at radius 2 is 1.93 bits per heavy atom. The molecule has 0 radical (unpaired) electrons. The smallest absolute Gasteiger partial charge is 0.312 e. The van der Waals surface area contributed by atoms with E-state index in [4.69, 9.17) is 26.4 Å². The molecule has 0 aromatic heterocycles. The van der Waals surface area contributed by atoms with Crippen LogP contribution in [0.4, 0.5) is 5.69 Å². The zero-order valence-electron chi connectivity index (χ0n) is 15.4. The molecule has 0 aliphatic rings. The fourth-order valence-electron chi connectivity index (χ4n) is 2.09. The Morgan fingerprint density at radius 3 is 2.57 bits per heavy atom. The van der Waals surface area contributed by atoms with Crippen molar-refractivity contribution >= 4 is 29.2 Å². The Bertz CT molecular complexity index is 842. The lowest BCUT2D eigenvalue weighted by molar-refractivity contribution is -0.385. The van der Waals surface area contributed by atoms with Gasteiger partial charge in [-0.15, -0.1) is 0 Å². The molecule has 0 amide bonds. The van der Waals surface area contributed by atoms with Crippen molar-refractivity contribution in [2.75, 3.05) is 27.4 Å². The highest BCUT2D eigenvalue weighted by molar-refractivity contribution is 7.80. The van der Waals surface area contributed by atoms with Crippen molar-refractivity contribution in [1.29, 1.82) is 0 Å². The van der Waals surface area contributed by atoms with Crippen LogP contribution in [0, 0.1) is 10.1 Å². The topological polar surface area (TPSA) is 107 Å². The zero-order chi connectivity index (χ0) is 20.4. The third-order valence-corrected chi connectivity index (χ3v) is 3.67. The van der Waals surface area contributed by atoms with Gasteiger partial charge in [0.25, 0.3) is 0 Å². The SMILES string of the molecule is COCCNC(=S)N/N=C/c1ccc(Oc2ccc(OC)cc2)c([N+](=O)[O-])c1. The summed E-state index contributed by atoms with van der Waals surface area (Å²) in [5, 5.41) is 18.6. The van der Waals surface area contributed by atoms with Gasteiger partial charge < -0.3 is 19.5 Å². The van der Waals surface area contributed by atoms with Crippen LogP contribution < -0.4 is 20.2 Å². The number of ether oxygens (including phenoxy) is 3. The average Bonchev–Trinajstić information content (AvgIpc) is 2.69. The minimum atomic E-state index is -0.513. The van der Waals surface area contributed by atoms with E-state index in [0.29, 0.717) is 35.3 Å². The molecule has 2 aromatic carbocycles. The number of thiocarbonyl (C=S) groups is 1. The second-order valence-corrected chi connectivity index (χ2v) is 5.79. The van der Waals surface area contributed by atoms with E-state index in [1.165, 1.54) is 18.3 Å². The van der Waals surface area contributed by atoms with Gasteiger partial charge in [0.15, 0.2) is 5.11 Å². The first kappa shape index (κ1) is 21.1. The molecule has 148 valence electrons. The van der Waals surface area contributed by atoms with Crippen molar-refractivity contribution in [2.24, 2.45) is 5.10 Å². The molecule has 0 aliphatic carbocycles. The standard InChI is InChI=1S/C18H20N4O5S/c1-25-10-9-19-18(28)21-20-12-13-3-8-17(16(11-13)22(23)24)27-15-6-4-14(26-2)5-7-15/h3-8,11-12H,9-10H2,1-2H3,(H2,19,21,28)/b20-12+. The fourth-order valence-corrected chi connectivity index (χ4v) is 2.24. The molecule has 10 heteroatoms. The van der Waals surface area contributed by atoms with Crippen LogP contribution in [0.25, 0.3) is 0 Å². The molecule has 0 spiro atoms. The monoisotopic (exact) mass is 404 g/mol. The first-order valence-corrected chi connectivity index (χ1v) is 8.60. The number of benzene rings is 2. The van der Waals surface area contributed by atoms with Crippen molar-refractivity contribution in [3.8, 4) is 17.2 Å². The second-order valence-electron chi connectivity index (χ2n) is 5.38. The van der Waals surface area contributed by atoms with Gasteiger partial charge >= 0.3 is 5.69 Å². The molecule has 0 saturated carbocycles. The van der Waals surface area contributed by atoms with Crippen molar-refractivity contribution in [1.82, 2.24) is 10.7 Å². The normalized spacial score (nSPS) is 10.5. The number of nitro benzene ring substituents is 1. The van der Waals surface area contributed by atoms with Gasteiger partial charge in [0, 0.05) is 25.3 Å². The Morgan fingerprint density at radius 1 is 1.21 bits per heavy atom. The summed E-state index contributed by atoms with van der Waals surface area (Å²) in [6.45, 7) is 1.05. The molecule has 2 N–H and O–H groups in total. The first-order chi connectivity index (χ1) is 13.5. The summed E-state index contributed by atoms with van der Waals surface area (Å²) < 4.78 is 15.6. The van der Waals surface area contributed by atoms with E-state index in [2.05, 4.69) is 15.8 Å². The van der Waals surface area contributed by atoms with Gasteiger partial charge in [-0.25, -0.2) is 0 Å². The summed E-state index contributed by atoms with van der Waals surface area (Å²) in [7, 11) is 3.14. The molecule has 0 unspecified atom stereocenters. The molecule has 0 bridgehead atoms. The van der Waals surface area contributed by atoms with Crippen molar-refractivity contribution in [3.05, 3.63) is 58.1 Å². The van der Waals surface area contributed by atoms with Crippen molar-refractivity contribution in [3.63, 3.8) is 0 Å². The Hall–Kier alpha value is -3.24. The number of hydrazone groups is 1. The molecule has 9 nitrogen and oxygen atoms in total. The Balaban J connectivity index is 2.06. The van der Waals surface area contributed by atoms with E-state index < -0.39 is 4.92 Å². The van der Waals surface area contributed by atoms with Crippen LogP contribution in [0.5, 0.6) is 17.2 Å². The summed E-state index contributed by atoms with van der Waals surface area (Å²) in [6, 6.07) is 11.3. The quantitative estimate of drug-likeness (QED) is 0.216. The van der Waals surface area contributed by atoms with Crippen LogP contribution in [0.1, 0.15) is 5.56 Å². The third-order valence-electron chi connectivity index (χ3n) is 3.44. The maximum absolute atomic E-state index is 11.4. The van der Waals surface area contributed by atoms with Gasteiger partial charge in [0.2, 0.25) is 5.75 Å². The van der Waals surface area contributed by atoms with Crippen molar-refractivity contribution in [2.45, 2.75) is 0 Å². The highest BCUT2D eigenvalue weighted by atomic mass is 32.1. The van der Waals surface area contributed by atoms with Gasteiger partial charge in [0.1, 0.15) is 11.5 Å². The van der Waals surface area contributed by atoms with Crippen LogP contribution in [0.3, 0.4) is 0 Å². The lowest BCUT2D eigenvalue weighted by Crippen LogP contribution is -2.34. The molecule has 0 atom stereocenters. The average molecular weight is 404 g/mol. The third kappa shape index (κ3) is 6.49. The second kappa shape index (κ2) is 10.8. The fraction of sp³-hybridized carbons (Fsp3) is 0.222. The number of nitrogens with zero attached hydrogens (tertiary/aromatic N) is 2. The molecular weight excluding hydrogens is 384 g/mol. The first-order valence-electron chi connectivity index (χ1n) is 8.19. The van der Waals surface area contributed by atoms with Gasteiger partial charge in [-0.2, -0.15) is 5.10 Å². The van der Waals surface area contributed by atoms with Gasteiger partial charge in [0.05, 0.1) is 24.9 Å². The Labute approximate surface area is 167 Å². The van der Waals surface area contributed by atoms with E-state index in [1.807, 2.05) is 0 Å². The molecule has 2 rings (SSSR count). The number of hydrogen-bond donors (Lipinski definition) is 2. The lowest BCUT2D eigenvalue weighted by atomic mass is 10.2. The van der Waals surface area contributed by atoms with Crippen LogP contribution in [0.15, 0.2) is 47.6 Å². The number of methoxy groups -OCH3 is 2. The minimum absolute atomic E-state index is 0.122. The van der Waals surface area contributed by atoms with Crippen LogP contribution in [0.2, 0.25) is 0 Å². The zero-order valence-corrected chi connectivity index (χ0v) is 16.2. The highest BCUT2D eigenvalue weighted by Gasteiger charge is 2.16. The van der Waals surface area contributed by atoms with Crippen LogP contribution in [-0.4, -0.2) is 43.6 Å². The summed E-state index contributed by atoms with van der Waals surface area (Å²) >= 11 is 5.03. The van der Waals surface area contributed by atoms with E-state index in [9.17, 15) is 10.1 Å². The molecular formula is C18H20N4O5S. The molecule has 0 heterocycles. The van der Waals surface area contributed by atoms with E-state index >= 15 is 0 Å². The summed E-state index contributed by atoms with van der Waals surface area (Å²) in [5.74, 6) is 1.24. The number of nitro groups is 1. The molecule has 0 fully saturated rings. The predicted molar refractivity (Wildman–Crippen MR) is 109 cm³/mol. The molecule has 28 heavy (non-hydrogen) atoms. The number of hydrogen-bond acceptors (Lipinski definition) is 7. The maximum atomic E-state index is 11.4. The minimum Gasteiger partial charge on any atom is -0.497 e. The van der Waals surface area contributed by atoms with Gasteiger partial charge in [-0.3, -0.25) is 15.5 Å². The Kier molecular flexibility index (Phi) is 8.12. The molecule has 0 aliphatic heterocycles. The van der Waals surface area contributed by atoms with E-state index in [0.717, 1.165) is 0 Å². The summed E-state index contributed by atoms with van der Waals surface area (Å²) in [5.41, 5.74) is 2.96. The largest absolute Gasteiger partial charge is 0.497 e. The van der Waals surface area contributed by atoms with Gasteiger partial charge in [-0.1, -0.05) is 0 Å². The van der Waals surface area contributed by atoms with E-state index in [1.54, 1.807) is 44.6 Å². The van der Waals surface area contributed by atoms with Crippen LogP contribution in [-0.2, 0) is 4.74 Å². The summed E-state index contributed by atoms with van der Waals surface area (Å²) in [6.07, 6.45) is 1.43. The molecule has 0 saturated heterocycles. The van der Waals surface area contributed by atoms with E-state index in [-0.39, 0.29) is 11.4 Å². The highest BCUT2D eigenvalue weighted by Crippen LogP contribution is 2.32. The van der Waals surface area contributed by atoms with Gasteiger partial charge in [-0.05, 0) is 48.6 Å². The summed E-state index contributed by atoms with van der Waals surface area (Å²) in [4.78, 5) is 10.9. The van der Waals surface area contributed by atoms with Crippen molar-refractivity contribution < 1.29 is 19.1 Å². The number of rotatable bonds is 9. The van der Waals surface area contributed by atoms with Crippen LogP contribution >= 0.6 is 12.2 Å². The number of nitrogens with one attached hydrogen (secondary N) is 2. The maximum Gasteiger partial charge on any atom is 0.312 e. The molecule has 2 aromatic rings. The predicted octanol–water partition coefficient (Wildman–Crippen LogP) is 2.84.